The Morgan fingerprint density at radius 1 is 0.528 bits per heavy atom. The summed E-state index contributed by atoms with van der Waals surface area (Å²) in [6.07, 6.45) is 0. The van der Waals surface area contributed by atoms with Crippen molar-refractivity contribution in [1.29, 1.82) is 0 Å². The molecule has 0 radical (unpaired) electrons. The van der Waals surface area contributed by atoms with E-state index < -0.39 is 5.41 Å². The molecular formula is C31H16Br4O. The van der Waals surface area contributed by atoms with Gasteiger partial charge in [0.1, 0.15) is 11.2 Å². The van der Waals surface area contributed by atoms with Gasteiger partial charge >= 0.3 is 0 Å². The lowest BCUT2D eigenvalue weighted by Crippen LogP contribution is -2.28. The molecule has 0 aliphatic heterocycles. The summed E-state index contributed by atoms with van der Waals surface area (Å²) in [7, 11) is 0. The van der Waals surface area contributed by atoms with Crippen molar-refractivity contribution in [3.63, 3.8) is 0 Å². The molecule has 36 heavy (non-hydrogen) atoms. The largest absolute Gasteiger partial charge is 0.456 e. The van der Waals surface area contributed by atoms with Gasteiger partial charge in [0, 0.05) is 28.7 Å². The van der Waals surface area contributed by atoms with Crippen LogP contribution in [0.1, 0.15) is 22.3 Å². The van der Waals surface area contributed by atoms with Crippen LogP contribution in [0.4, 0.5) is 0 Å². The van der Waals surface area contributed by atoms with E-state index in [-0.39, 0.29) is 0 Å². The van der Waals surface area contributed by atoms with Gasteiger partial charge in [-0.25, -0.2) is 0 Å². The Hall–Kier alpha value is -2.18. The first-order valence-electron chi connectivity index (χ1n) is 11.4. The highest BCUT2D eigenvalue weighted by atomic mass is 79.9. The van der Waals surface area contributed by atoms with Crippen molar-refractivity contribution in [2.75, 3.05) is 0 Å². The van der Waals surface area contributed by atoms with Crippen LogP contribution < -0.4 is 0 Å². The van der Waals surface area contributed by atoms with Crippen molar-refractivity contribution in [2.24, 2.45) is 0 Å². The van der Waals surface area contributed by atoms with Crippen LogP contribution in [0, 0.1) is 0 Å². The predicted molar refractivity (Wildman–Crippen MR) is 162 cm³/mol. The van der Waals surface area contributed by atoms with E-state index in [2.05, 4.69) is 149 Å². The summed E-state index contributed by atoms with van der Waals surface area (Å²) in [6, 6.07) is 34.6. The minimum Gasteiger partial charge on any atom is -0.456 e. The molecule has 0 saturated heterocycles. The molecule has 5 aromatic carbocycles. The zero-order valence-corrected chi connectivity index (χ0v) is 25.0. The van der Waals surface area contributed by atoms with Gasteiger partial charge in [0.05, 0.1) is 5.41 Å². The van der Waals surface area contributed by atoms with Crippen LogP contribution in [-0.4, -0.2) is 0 Å². The topological polar surface area (TPSA) is 13.1 Å². The van der Waals surface area contributed by atoms with Crippen LogP contribution in [0.15, 0.2) is 119 Å². The molecule has 7 rings (SSSR count). The Morgan fingerprint density at radius 2 is 1.11 bits per heavy atom. The number of furan rings is 1. The van der Waals surface area contributed by atoms with E-state index in [1.54, 1.807) is 0 Å². The molecule has 174 valence electrons. The maximum Gasteiger partial charge on any atom is 0.136 e. The molecule has 0 amide bonds. The van der Waals surface area contributed by atoms with Gasteiger partial charge in [-0.1, -0.05) is 112 Å². The first kappa shape index (κ1) is 23.0. The van der Waals surface area contributed by atoms with E-state index in [4.69, 9.17) is 4.42 Å². The summed E-state index contributed by atoms with van der Waals surface area (Å²) in [4.78, 5) is 0. The smallest absolute Gasteiger partial charge is 0.136 e. The maximum absolute atomic E-state index is 6.32. The normalized spacial score (nSPS) is 13.8. The number of para-hydroxylation sites is 1. The maximum atomic E-state index is 6.32. The van der Waals surface area contributed by atoms with Crippen LogP contribution >= 0.6 is 63.7 Å². The van der Waals surface area contributed by atoms with Crippen molar-refractivity contribution >= 4 is 85.7 Å². The van der Waals surface area contributed by atoms with Crippen molar-refractivity contribution < 1.29 is 4.42 Å². The summed E-state index contributed by atoms with van der Waals surface area (Å²) in [5.41, 5.74) is 8.64. The lowest BCUT2D eigenvalue weighted by molar-refractivity contribution is 0.668. The van der Waals surface area contributed by atoms with Gasteiger partial charge in [-0.05, 0) is 81.9 Å². The third kappa shape index (κ3) is 3.22. The molecular weight excluding hydrogens is 708 g/mol. The fourth-order valence-corrected chi connectivity index (χ4v) is 8.50. The molecule has 0 fully saturated rings. The van der Waals surface area contributed by atoms with Gasteiger partial charge in [0.2, 0.25) is 0 Å². The summed E-state index contributed by atoms with van der Waals surface area (Å²) in [5, 5.41) is 2.31. The Balaban J connectivity index is 1.74. The zero-order valence-electron chi connectivity index (χ0n) is 18.7. The summed E-state index contributed by atoms with van der Waals surface area (Å²) >= 11 is 15.1. The van der Waals surface area contributed by atoms with Crippen LogP contribution in [0.25, 0.3) is 33.1 Å². The molecule has 0 spiro atoms. The Labute approximate surface area is 242 Å². The third-order valence-corrected chi connectivity index (χ3v) is 8.97. The van der Waals surface area contributed by atoms with Crippen molar-refractivity contribution in [3.05, 3.63) is 137 Å². The van der Waals surface area contributed by atoms with Crippen molar-refractivity contribution in [3.8, 4) is 11.1 Å². The molecule has 0 saturated carbocycles. The quantitative estimate of drug-likeness (QED) is 0.173. The van der Waals surface area contributed by atoms with Crippen molar-refractivity contribution in [1.82, 2.24) is 0 Å². The molecule has 6 aromatic rings. The van der Waals surface area contributed by atoms with Crippen LogP contribution in [-0.2, 0) is 5.41 Å². The fourth-order valence-electron chi connectivity index (χ4n) is 5.91. The molecule has 1 aliphatic rings. The molecule has 5 heteroatoms. The summed E-state index contributed by atoms with van der Waals surface area (Å²) in [6.45, 7) is 0. The average molecular weight is 724 g/mol. The first-order chi connectivity index (χ1) is 17.5. The monoisotopic (exact) mass is 720 g/mol. The number of fused-ring (bicyclic) bond motifs is 7. The predicted octanol–water partition coefficient (Wildman–Crippen LogP) is 11.0. The number of benzene rings is 5. The number of hydrogen-bond acceptors (Lipinski definition) is 1. The lowest BCUT2D eigenvalue weighted by Gasteiger charge is -2.34. The van der Waals surface area contributed by atoms with Gasteiger partial charge < -0.3 is 4.42 Å². The van der Waals surface area contributed by atoms with E-state index in [0.717, 1.165) is 34.4 Å². The van der Waals surface area contributed by atoms with Gasteiger partial charge in [0.15, 0.2) is 0 Å². The fraction of sp³-hybridized carbons (Fsp3) is 0.0323. The Bertz CT molecular complexity index is 1760. The molecule has 1 nitrogen and oxygen atoms in total. The van der Waals surface area contributed by atoms with E-state index in [1.165, 1.54) is 38.8 Å². The molecule has 0 unspecified atom stereocenters. The second kappa shape index (κ2) is 8.42. The van der Waals surface area contributed by atoms with Gasteiger partial charge in [-0.3, -0.25) is 0 Å². The Morgan fingerprint density at radius 3 is 1.78 bits per heavy atom. The van der Waals surface area contributed by atoms with Gasteiger partial charge in [0.25, 0.3) is 0 Å². The highest BCUT2D eigenvalue weighted by molar-refractivity contribution is 9.11. The number of halogens is 4. The van der Waals surface area contributed by atoms with Crippen LogP contribution in [0.2, 0.25) is 0 Å². The number of hydrogen-bond donors (Lipinski definition) is 0. The van der Waals surface area contributed by atoms with E-state index in [1.807, 2.05) is 12.1 Å². The molecule has 0 bridgehead atoms. The van der Waals surface area contributed by atoms with Crippen molar-refractivity contribution in [2.45, 2.75) is 5.41 Å². The minimum absolute atomic E-state index is 0.531. The lowest BCUT2D eigenvalue weighted by atomic mass is 9.67. The number of rotatable bonds is 2. The highest BCUT2D eigenvalue weighted by Gasteiger charge is 2.47. The Kier molecular flexibility index (Phi) is 5.37. The van der Waals surface area contributed by atoms with E-state index in [9.17, 15) is 0 Å². The first-order valence-corrected chi connectivity index (χ1v) is 14.6. The van der Waals surface area contributed by atoms with Gasteiger partial charge in [-0.15, -0.1) is 0 Å². The molecule has 0 N–H and O–H groups in total. The minimum atomic E-state index is -0.531. The second-order valence-electron chi connectivity index (χ2n) is 9.07. The molecule has 1 aromatic heterocycles. The standard InChI is InChI=1S/C31H16Br4O/c32-19-11-17(12-20(33)15-19)31(18-13-21(34)16-22(35)14-18)25-7-3-1-5-23(25)29-26(31)9-10-28-30(29)24-6-2-4-8-27(24)36-28/h1-16H. The van der Waals surface area contributed by atoms with Crippen LogP contribution in [0.3, 0.4) is 0 Å². The summed E-state index contributed by atoms with van der Waals surface area (Å²) < 4.78 is 10.4. The van der Waals surface area contributed by atoms with E-state index >= 15 is 0 Å². The third-order valence-electron chi connectivity index (χ3n) is 7.14. The molecule has 1 heterocycles. The summed E-state index contributed by atoms with van der Waals surface area (Å²) in [5.74, 6) is 0. The molecule has 0 atom stereocenters. The second-order valence-corrected chi connectivity index (χ2v) is 12.7. The average Bonchev–Trinajstić information content (AvgIpc) is 3.36. The zero-order chi connectivity index (χ0) is 24.6. The van der Waals surface area contributed by atoms with Crippen LogP contribution in [0.5, 0.6) is 0 Å². The molecule has 1 aliphatic carbocycles. The SMILES string of the molecule is Brc1cc(Br)cc(C2(c3cc(Br)cc(Br)c3)c3ccccc3-c3c2ccc2oc4ccccc4c32)c1. The highest BCUT2D eigenvalue weighted by Crippen LogP contribution is 2.59. The van der Waals surface area contributed by atoms with E-state index in [0.29, 0.717) is 0 Å². The van der Waals surface area contributed by atoms with Gasteiger partial charge in [-0.2, -0.15) is 0 Å².